The van der Waals surface area contributed by atoms with Gasteiger partial charge >= 0.3 is 0 Å². The molecule has 364 valence electrons. The molecule has 4 N–H and O–H groups in total. The zero-order chi connectivity index (χ0) is 46.4. The van der Waals surface area contributed by atoms with Gasteiger partial charge in [-0.15, -0.1) is 36.2 Å². The number of amides is 5. The molecule has 9 atom stereocenters. The molecule has 0 saturated carbocycles. The highest BCUT2D eigenvalue weighted by Crippen LogP contribution is 2.31. The van der Waals surface area contributed by atoms with Crippen molar-refractivity contribution in [2.75, 3.05) is 62.0 Å². The van der Waals surface area contributed by atoms with Crippen molar-refractivity contribution in [3.63, 3.8) is 0 Å². The van der Waals surface area contributed by atoms with E-state index in [4.69, 9.17) is 15.2 Å². The lowest BCUT2D eigenvalue weighted by Crippen LogP contribution is -2.59. The summed E-state index contributed by atoms with van der Waals surface area (Å²) in [4.78, 5) is 81.1. The zero-order valence-corrected chi connectivity index (χ0v) is 42.8. The molecule has 0 bridgehead atoms. The van der Waals surface area contributed by atoms with Gasteiger partial charge in [0.1, 0.15) is 16.7 Å². The maximum atomic E-state index is 14.4. The number of ether oxygens (including phenoxy) is 2. The van der Waals surface area contributed by atoms with E-state index in [-0.39, 0.29) is 84.6 Å². The van der Waals surface area contributed by atoms with Crippen molar-refractivity contribution >= 4 is 65.7 Å². The lowest BCUT2D eigenvalue weighted by atomic mass is 9.89. The van der Waals surface area contributed by atoms with Crippen molar-refractivity contribution in [2.24, 2.45) is 29.4 Å². The number of nitrogens with zero attached hydrogens (tertiary/aromatic N) is 5. The standard InChI is InChI=1S/C46H76N8O7S.2ClH/c1-14-30(6)40(53(11)46(59)38(28(2)3)50-43(57)39(29(4)5)51(8)9)36(60-12)26-37(55)54-23-18-21-35(54)41(61-13)31(7)42(56)48-33(25-32-19-16-15-17-20-32)44-49-34(27-62-44)45(58)52(10)24-22-47;;/h15-17,19-20,27-31,33,35-36,38-41H,14,18,21-26,47H2,1-13H3,(H,48,56)(H,50,57);2*1H/t30-,31+,33-,35?,36+,38?,39?,40-,41+;;/m0../s1. The molecule has 1 aliphatic rings. The van der Waals surface area contributed by atoms with E-state index in [0.29, 0.717) is 43.2 Å². The fraction of sp³-hybridized carbons (Fsp3) is 0.696. The number of methoxy groups -OCH3 is 2. The number of benzene rings is 1. The summed E-state index contributed by atoms with van der Waals surface area (Å²) < 4.78 is 12.1. The first-order valence-electron chi connectivity index (χ1n) is 22.2. The van der Waals surface area contributed by atoms with E-state index in [0.717, 1.165) is 18.4 Å². The number of thiazole rings is 1. The van der Waals surface area contributed by atoms with Crippen LogP contribution in [0, 0.1) is 23.7 Å². The van der Waals surface area contributed by atoms with Crippen molar-refractivity contribution in [3.8, 4) is 0 Å². The monoisotopic (exact) mass is 957 g/mol. The normalized spacial score (nSPS) is 17.6. The average Bonchev–Trinajstić information content (AvgIpc) is 3.93. The van der Waals surface area contributed by atoms with Gasteiger partial charge in [-0.3, -0.25) is 28.9 Å². The zero-order valence-electron chi connectivity index (χ0n) is 40.4. The number of nitrogens with one attached hydrogen (secondary N) is 2. The smallest absolute Gasteiger partial charge is 0.273 e. The quantitative estimate of drug-likeness (QED) is 0.129. The van der Waals surface area contributed by atoms with Crippen LogP contribution in [-0.4, -0.2) is 153 Å². The Bertz CT molecular complexity index is 1750. The molecule has 0 spiro atoms. The largest absolute Gasteiger partial charge is 0.379 e. The molecule has 1 aliphatic heterocycles. The van der Waals surface area contributed by atoms with E-state index in [1.165, 1.54) is 16.2 Å². The Hall–Kier alpha value is -3.38. The minimum atomic E-state index is -0.776. The van der Waals surface area contributed by atoms with Crippen LogP contribution in [0.15, 0.2) is 35.7 Å². The van der Waals surface area contributed by atoms with Crippen molar-refractivity contribution in [3.05, 3.63) is 52.0 Å². The first kappa shape index (κ1) is 58.6. The number of hydrogen-bond acceptors (Lipinski definition) is 11. The molecular weight excluding hydrogens is 880 g/mol. The molecule has 0 aliphatic carbocycles. The molecule has 0 radical (unpaired) electrons. The predicted molar refractivity (Wildman–Crippen MR) is 259 cm³/mol. The van der Waals surface area contributed by atoms with Crippen molar-refractivity contribution in [1.29, 1.82) is 0 Å². The van der Waals surface area contributed by atoms with Crippen LogP contribution in [0.3, 0.4) is 0 Å². The Kier molecular flexibility index (Phi) is 25.6. The summed E-state index contributed by atoms with van der Waals surface area (Å²) in [6.07, 6.45) is 1.30. The third kappa shape index (κ3) is 15.3. The van der Waals surface area contributed by atoms with Crippen LogP contribution in [0.2, 0.25) is 0 Å². The van der Waals surface area contributed by atoms with Crippen LogP contribution in [0.25, 0.3) is 0 Å². The average molecular weight is 958 g/mol. The van der Waals surface area contributed by atoms with Crippen LogP contribution in [-0.2, 0) is 35.1 Å². The number of carbonyl (C=O) groups excluding carboxylic acids is 5. The number of halogens is 2. The maximum absolute atomic E-state index is 14.4. The SMILES string of the molecule is CC[C@H](C)[C@@H]([C@@H](CC(=O)N1CCCC1[C@H](OC)[C@@H](C)C(=O)N[C@@H](Cc1ccccc1)c1nc(C(=O)N(C)CCN)cs1)OC)N(C)C(=O)C(NC(=O)C(C(C)C)N(C)C)C(C)C.Cl.Cl. The number of likely N-dealkylation sites (N-methyl/N-ethyl adjacent to an activating group) is 3. The fourth-order valence-corrected chi connectivity index (χ4v) is 9.64. The van der Waals surface area contributed by atoms with Gasteiger partial charge in [-0.2, -0.15) is 0 Å². The molecule has 5 amide bonds. The van der Waals surface area contributed by atoms with Gasteiger partial charge in [0.15, 0.2) is 0 Å². The number of nitrogens with two attached hydrogens (primary N) is 1. The minimum absolute atomic E-state index is 0. The maximum Gasteiger partial charge on any atom is 0.273 e. The Morgan fingerprint density at radius 1 is 0.922 bits per heavy atom. The lowest BCUT2D eigenvalue weighted by molar-refractivity contribution is -0.148. The molecule has 2 aromatic rings. The van der Waals surface area contributed by atoms with Gasteiger partial charge in [0.25, 0.3) is 5.91 Å². The Labute approximate surface area is 399 Å². The van der Waals surface area contributed by atoms with E-state index in [1.807, 2.05) is 103 Å². The summed E-state index contributed by atoms with van der Waals surface area (Å²) in [5, 5.41) is 8.57. The predicted octanol–water partition coefficient (Wildman–Crippen LogP) is 5.06. The van der Waals surface area contributed by atoms with Gasteiger partial charge < -0.3 is 40.5 Å². The van der Waals surface area contributed by atoms with Crippen molar-refractivity contribution < 1.29 is 33.4 Å². The molecule has 15 nitrogen and oxygen atoms in total. The molecule has 2 heterocycles. The van der Waals surface area contributed by atoms with E-state index < -0.39 is 42.3 Å². The molecule has 1 aromatic carbocycles. The second kappa shape index (κ2) is 27.9. The molecule has 1 fully saturated rings. The van der Waals surface area contributed by atoms with E-state index in [9.17, 15) is 24.0 Å². The highest BCUT2D eigenvalue weighted by Gasteiger charge is 2.43. The molecule has 1 aromatic heterocycles. The van der Waals surface area contributed by atoms with E-state index >= 15 is 0 Å². The number of hydrogen-bond donors (Lipinski definition) is 3. The third-order valence-corrected chi connectivity index (χ3v) is 13.4. The highest BCUT2D eigenvalue weighted by molar-refractivity contribution is 7.09. The van der Waals surface area contributed by atoms with Gasteiger partial charge in [0.05, 0.1) is 48.7 Å². The van der Waals surface area contributed by atoms with Crippen LogP contribution in [0.4, 0.5) is 0 Å². The van der Waals surface area contributed by atoms with Crippen molar-refractivity contribution in [1.82, 2.24) is 35.2 Å². The molecule has 3 unspecified atom stereocenters. The Morgan fingerprint density at radius 2 is 1.56 bits per heavy atom. The fourth-order valence-electron chi connectivity index (χ4n) is 8.80. The summed E-state index contributed by atoms with van der Waals surface area (Å²) in [5.41, 5.74) is 6.97. The molecule has 18 heteroatoms. The summed E-state index contributed by atoms with van der Waals surface area (Å²) in [7, 11) is 10.3. The first-order valence-corrected chi connectivity index (χ1v) is 23.0. The molecule has 64 heavy (non-hydrogen) atoms. The van der Waals surface area contributed by atoms with Crippen LogP contribution < -0.4 is 16.4 Å². The summed E-state index contributed by atoms with van der Waals surface area (Å²) in [6, 6.07) is 7.22. The topological polar surface area (TPSA) is 180 Å². The second-order valence-corrected chi connectivity index (χ2v) is 18.7. The molecule has 3 rings (SSSR count). The Balaban J connectivity index is 0.0000102. The first-order chi connectivity index (χ1) is 29.3. The van der Waals surface area contributed by atoms with E-state index in [2.05, 4.69) is 15.6 Å². The second-order valence-electron chi connectivity index (χ2n) is 17.8. The van der Waals surface area contributed by atoms with Gasteiger partial charge in [-0.05, 0) is 56.7 Å². The number of rotatable bonds is 24. The van der Waals surface area contributed by atoms with Gasteiger partial charge in [0, 0.05) is 53.3 Å². The molecular formula is C46H78Cl2N8O7S. The lowest BCUT2D eigenvalue weighted by Gasteiger charge is -2.41. The Morgan fingerprint density at radius 3 is 2.09 bits per heavy atom. The van der Waals surface area contributed by atoms with Crippen LogP contribution in [0.5, 0.6) is 0 Å². The van der Waals surface area contributed by atoms with Crippen molar-refractivity contribution in [2.45, 2.75) is 123 Å². The summed E-state index contributed by atoms with van der Waals surface area (Å²) in [6.45, 7) is 14.9. The van der Waals surface area contributed by atoms with E-state index in [1.54, 1.807) is 38.6 Å². The number of aromatic nitrogens is 1. The minimum Gasteiger partial charge on any atom is -0.379 e. The van der Waals surface area contributed by atoms with Gasteiger partial charge in [-0.25, -0.2) is 4.98 Å². The van der Waals surface area contributed by atoms with Crippen LogP contribution in [0.1, 0.15) is 101 Å². The van der Waals surface area contributed by atoms with Gasteiger partial charge in [-0.1, -0.05) is 85.2 Å². The number of carbonyl (C=O) groups is 5. The van der Waals surface area contributed by atoms with Gasteiger partial charge in [0.2, 0.25) is 23.6 Å². The molecule has 1 saturated heterocycles. The highest BCUT2D eigenvalue weighted by atomic mass is 35.5. The summed E-state index contributed by atoms with van der Waals surface area (Å²) >= 11 is 1.32. The third-order valence-electron chi connectivity index (χ3n) is 12.4. The number of likely N-dealkylation sites (tertiary alicyclic amines) is 1. The van der Waals surface area contributed by atoms with Crippen LogP contribution >= 0.6 is 36.2 Å². The summed E-state index contributed by atoms with van der Waals surface area (Å²) in [5.74, 6) is -1.95.